The second kappa shape index (κ2) is 7.51. The largest absolute Gasteiger partial charge is 0.332 e. The van der Waals surface area contributed by atoms with Gasteiger partial charge >= 0.3 is 0 Å². The molecule has 4 nitrogen and oxygen atoms in total. The van der Waals surface area contributed by atoms with Crippen molar-refractivity contribution in [1.82, 2.24) is 14.9 Å². The van der Waals surface area contributed by atoms with Crippen molar-refractivity contribution in [2.24, 2.45) is 0 Å². The van der Waals surface area contributed by atoms with Crippen LogP contribution in [0.2, 0.25) is 10.0 Å². The summed E-state index contributed by atoms with van der Waals surface area (Å²) in [5.41, 5.74) is 3.76. The summed E-state index contributed by atoms with van der Waals surface area (Å²) in [6.07, 6.45) is 6.25. The van der Waals surface area contributed by atoms with Gasteiger partial charge in [-0.15, -0.1) is 0 Å². The van der Waals surface area contributed by atoms with E-state index in [4.69, 9.17) is 51.4 Å². The minimum Gasteiger partial charge on any atom is -0.332 e. The molecular formula is C19H15Cl4N3O. The molecule has 1 aliphatic carbocycles. The third-order valence-corrected chi connectivity index (χ3v) is 6.27. The van der Waals surface area contributed by atoms with Crippen LogP contribution in [0.15, 0.2) is 40.0 Å². The molecule has 0 radical (unpaired) electrons. The van der Waals surface area contributed by atoms with Crippen LogP contribution in [0, 0.1) is 0 Å². The van der Waals surface area contributed by atoms with Crippen molar-refractivity contribution < 1.29 is 4.79 Å². The number of fused-ring (bicyclic) bond motifs is 1. The summed E-state index contributed by atoms with van der Waals surface area (Å²) < 4.78 is 2.09. The van der Waals surface area contributed by atoms with Crippen LogP contribution in [-0.2, 0) is 11.3 Å². The molecule has 2 aliphatic rings. The van der Waals surface area contributed by atoms with Gasteiger partial charge in [-0.1, -0.05) is 46.4 Å². The number of hydrogen-bond acceptors (Lipinski definition) is 2. The van der Waals surface area contributed by atoms with E-state index >= 15 is 0 Å². The first-order chi connectivity index (χ1) is 12.9. The molecule has 1 aromatic carbocycles. The molecule has 1 aliphatic heterocycles. The Bertz CT molecular complexity index is 1050. The SMILES string of the molecule is O=C1CCC(c2nc3cc(Cl)c(Cl)cc3n2CC2=CC(Cl)=C(Cl)CC2)=CN1. The summed E-state index contributed by atoms with van der Waals surface area (Å²) in [5, 5.41) is 4.97. The number of nitrogens with zero attached hydrogens (tertiary/aromatic N) is 2. The van der Waals surface area contributed by atoms with Crippen LogP contribution < -0.4 is 5.32 Å². The molecule has 1 amide bonds. The maximum atomic E-state index is 11.5. The second-order valence-corrected chi connectivity index (χ2v) is 8.25. The van der Waals surface area contributed by atoms with Gasteiger partial charge in [0.15, 0.2) is 0 Å². The number of imidazole rings is 1. The number of aromatic nitrogens is 2. The standard InChI is InChI=1S/C19H15Cl4N3O/c20-12-3-1-10(5-13(12)21)9-26-17-7-15(23)14(22)6-16(17)25-19(26)11-2-4-18(27)24-8-11/h5-8H,1-4,9H2,(H,24,27). The van der Waals surface area contributed by atoms with Crippen LogP contribution in [0.5, 0.6) is 0 Å². The van der Waals surface area contributed by atoms with Crippen LogP contribution in [-0.4, -0.2) is 15.5 Å². The predicted octanol–water partition coefficient (Wildman–Crippen LogP) is 6.00. The Kier molecular flexibility index (Phi) is 5.26. The zero-order chi connectivity index (χ0) is 19.1. The fourth-order valence-corrected chi connectivity index (χ4v) is 4.02. The number of amides is 1. The first-order valence-corrected chi connectivity index (χ1v) is 10.0. The lowest BCUT2D eigenvalue weighted by Crippen LogP contribution is -2.22. The highest BCUT2D eigenvalue weighted by atomic mass is 35.5. The minimum atomic E-state index is 0.00838. The lowest BCUT2D eigenvalue weighted by Gasteiger charge is -2.18. The number of halogens is 4. The first-order valence-electron chi connectivity index (χ1n) is 8.50. The van der Waals surface area contributed by atoms with E-state index in [1.165, 1.54) is 0 Å². The number of nitrogens with one attached hydrogen (secondary N) is 1. The van der Waals surface area contributed by atoms with E-state index in [-0.39, 0.29) is 5.91 Å². The molecule has 0 saturated carbocycles. The highest BCUT2D eigenvalue weighted by molar-refractivity contribution is 6.42. The monoisotopic (exact) mass is 441 g/mol. The van der Waals surface area contributed by atoms with Gasteiger partial charge in [-0.2, -0.15) is 0 Å². The van der Waals surface area contributed by atoms with Gasteiger partial charge in [0, 0.05) is 29.8 Å². The Morgan fingerprint density at radius 2 is 1.81 bits per heavy atom. The normalized spacial score (nSPS) is 17.9. The fraction of sp³-hybridized carbons (Fsp3) is 0.263. The van der Waals surface area contributed by atoms with Gasteiger partial charge in [0.25, 0.3) is 0 Å². The molecule has 4 rings (SSSR count). The third-order valence-electron chi connectivity index (χ3n) is 4.72. The van der Waals surface area contributed by atoms with Crippen molar-refractivity contribution in [2.75, 3.05) is 0 Å². The molecule has 27 heavy (non-hydrogen) atoms. The quantitative estimate of drug-likeness (QED) is 0.633. The van der Waals surface area contributed by atoms with Crippen molar-refractivity contribution in [3.8, 4) is 0 Å². The van der Waals surface area contributed by atoms with E-state index in [0.29, 0.717) is 39.5 Å². The van der Waals surface area contributed by atoms with E-state index in [9.17, 15) is 4.79 Å². The predicted molar refractivity (Wildman–Crippen MR) is 111 cm³/mol. The minimum absolute atomic E-state index is 0.00838. The fourth-order valence-electron chi connectivity index (χ4n) is 3.31. The van der Waals surface area contributed by atoms with Crippen LogP contribution in [0.1, 0.15) is 31.5 Å². The molecular weight excluding hydrogens is 428 g/mol. The molecule has 140 valence electrons. The highest BCUT2D eigenvalue weighted by Gasteiger charge is 2.21. The molecule has 0 fully saturated rings. The van der Waals surface area contributed by atoms with E-state index < -0.39 is 0 Å². The van der Waals surface area contributed by atoms with Crippen molar-refractivity contribution in [2.45, 2.75) is 32.2 Å². The second-order valence-electron chi connectivity index (χ2n) is 6.57. The number of carbonyl (C=O) groups is 1. The van der Waals surface area contributed by atoms with Gasteiger partial charge in [-0.25, -0.2) is 4.98 Å². The number of rotatable bonds is 3. The maximum Gasteiger partial charge on any atom is 0.224 e. The Balaban J connectivity index is 1.83. The third kappa shape index (κ3) is 3.77. The van der Waals surface area contributed by atoms with Crippen LogP contribution in [0.25, 0.3) is 16.6 Å². The average Bonchev–Trinajstić information content (AvgIpc) is 2.97. The summed E-state index contributed by atoms with van der Waals surface area (Å²) >= 11 is 24.8. The molecule has 0 saturated heterocycles. The van der Waals surface area contributed by atoms with Crippen LogP contribution in [0.4, 0.5) is 0 Å². The van der Waals surface area contributed by atoms with Crippen molar-refractivity contribution in [3.63, 3.8) is 0 Å². The molecule has 2 aromatic rings. The molecule has 1 N–H and O–H groups in total. The Labute approximate surface area is 176 Å². The summed E-state index contributed by atoms with van der Waals surface area (Å²) in [6.45, 7) is 0.607. The summed E-state index contributed by atoms with van der Waals surface area (Å²) in [7, 11) is 0. The number of benzene rings is 1. The van der Waals surface area contributed by atoms with Crippen LogP contribution >= 0.6 is 46.4 Å². The van der Waals surface area contributed by atoms with Crippen molar-refractivity contribution in [3.05, 3.63) is 55.9 Å². The molecule has 8 heteroatoms. The van der Waals surface area contributed by atoms with Crippen molar-refractivity contribution in [1.29, 1.82) is 0 Å². The highest BCUT2D eigenvalue weighted by Crippen LogP contribution is 2.34. The average molecular weight is 443 g/mol. The lowest BCUT2D eigenvalue weighted by molar-refractivity contribution is -0.120. The van der Waals surface area contributed by atoms with Gasteiger partial charge in [-0.3, -0.25) is 4.79 Å². The molecule has 1 aromatic heterocycles. The van der Waals surface area contributed by atoms with Gasteiger partial charge in [0.05, 0.1) is 26.1 Å². The molecule has 0 bridgehead atoms. The van der Waals surface area contributed by atoms with Crippen LogP contribution in [0.3, 0.4) is 0 Å². The van der Waals surface area contributed by atoms with Gasteiger partial charge in [-0.05, 0) is 43.0 Å². The van der Waals surface area contributed by atoms with E-state index in [1.807, 2.05) is 12.1 Å². The molecule has 0 atom stereocenters. The first kappa shape index (κ1) is 18.9. The van der Waals surface area contributed by atoms with E-state index in [1.54, 1.807) is 12.3 Å². The lowest BCUT2D eigenvalue weighted by atomic mass is 10.0. The van der Waals surface area contributed by atoms with Crippen molar-refractivity contribution >= 4 is 68.9 Å². The molecule has 0 spiro atoms. The summed E-state index contributed by atoms with van der Waals surface area (Å²) in [6, 6.07) is 3.59. The summed E-state index contributed by atoms with van der Waals surface area (Å²) in [4.78, 5) is 16.3. The van der Waals surface area contributed by atoms with E-state index in [2.05, 4.69) is 9.88 Å². The topological polar surface area (TPSA) is 46.9 Å². The zero-order valence-corrected chi connectivity index (χ0v) is 17.2. The maximum absolute atomic E-state index is 11.5. The molecule has 0 unspecified atom stereocenters. The molecule has 2 heterocycles. The summed E-state index contributed by atoms with van der Waals surface area (Å²) in [5.74, 6) is 0.801. The number of allylic oxidation sites excluding steroid dienone is 5. The number of hydrogen-bond donors (Lipinski definition) is 1. The zero-order valence-electron chi connectivity index (χ0n) is 14.2. The Morgan fingerprint density at radius 1 is 1.04 bits per heavy atom. The Hall–Kier alpha value is -1.46. The van der Waals surface area contributed by atoms with Gasteiger partial charge < -0.3 is 9.88 Å². The van der Waals surface area contributed by atoms with E-state index in [0.717, 1.165) is 40.8 Å². The van der Waals surface area contributed by atoms with Gasteiger partial charge in [0.2, 0.25) is 5.91 Å². The number of carbonyl (C=O) groups excluding carboxylic acids is 1. The Morgan fingerprint density at radius 3 is 2.52 bits per heavy atom. The smallest absolute Gasteiger partial charge is 0.224 e. The van der Waals surface area contributed by atoms with Gasteiger partial charge in [0.1, 0.15) is 5.82 Å².